The molecule has 0 bridgehead atoms. The molecule has 1 rings (SSSR count). The SMILES string of the molecule is CCN(CCCCCCCN)Cc1cccs1. The molecule has 0 saturated carbocycles. The summed E-state index contributed by atoms with van der Waals surface area (Å²) >= 11 is 1.86. The van der Waals surface area contributed by atoms with Gasteiger partial charge >= 0.3 is 0 Å². The van der Waals surface area contributed by atoms with Gasteiger partial charge in [0.25, 0.3) is 0 Å². The molecule has 0 spiro atoms. The van der Waals surface area contributed by atoms with E-state index in [9.17, 15) is 0 Å². The predicted molar refractivity (Wildman–Crippen MR) is 77.4 cm³/mol. The molecule has 0 saturated heterocycles. The molecule has 1 heterocycles. The van der Waals surface area contributed by atoms with Crippen molar-refractivity contribution in [1.82, 2.24) is 4.90 Å². The summed E-state index contributed by atoms with van der Waals surface area (Å²) in [6, 6.07) is 4.37. The van der Waals surface area contributed by atoms with Crippen LogP contribution in [0.5, 0.6) is 0 Å². The van der Waals surface area contributed by atoms with Crippen molar-refractivity contribution in [2.24, 2.45) is 5.73 Å². The second-order valence-electron chi connectivity index (χ2n) is 4.50. The molecule has 17 heavy (non-hydrogen) atoms. The highest BCUT2D eigenvalue weighted by Gasteiger charge is 2.03. The van der Waals surface area contributed by atoms with Crippen LogP contribution in [0, 0.1) is 0 Å². The minimum absolute atomic E-state index is 0.847. The van der Waals surface area contributed by atoms with Gasteiger partial charge in [0.1, 0.15) is 0 Å². The van der Waals surface area contributed by atoms with E-state index in [4.69, 9.17) is 5.73 Å². The molecule has 0 amide bonds. The second-order valence-corrected chi connectivity index (χ2v) is 5.54. The minimum Gasteiger partial charge on any atom is -0.330 e. The fraction of sp³-hybridized carbons (Fsp3) is 0.714. The van der Waals surface area contributed by atoms with Gasteiger partial charge in [0.15, 0.2) is 0 Å². The van der Waals surface area contributed by atoms with Gasteiger partial charge in [0.05, 0.1) is 0 Å². The van der Waals surface area contributed by atoms with Gasteiger partial charge in [-0.25, -0.2) is 0 Å². The Labute approximate surface area is 110 Å². The van der Waals surface area contributed by atoms with Crippen LogP contribution in [-0.2, 0) is 6.54 Å². The van der Waals surface area contributed by atoms with Crippen molar-refractivity contribution in [2.45, 2.75) is 45.6 Å². The first-order valence-electron chi connectivity index (χ1n) is 6.81. The minimum atomic E-state index is 0.847. The average molecular weight is 254 g/mol. The van der Waals surface area contributed by atoms with Gasteiger partial charge in [0.2, 0.25) is 0 Å². The van der Waals surface area contributed by atoms with Crippen molar-refractivity contribution >= 4 is 11.3 Å². The highest BCUT2D eigenvalue weighted by atomic mass is 32.1. The Balaban J connectivity index is 2.06. The molecule has 1 aromatic heterocycles. The van der Waals surface area contributed by atoms with Gasteiger partial charge in [0, 0.05) is 11.4 Å². The lowest BCUT2D eigenvalue weighted by Crippen LogP contribution is -2.23. The van der Waals surface area contributed by atoms with Crippen LogP contribution in [0.25, 0.3) is 0 Å². The first kappa shape index (κ1) is 14.7. The van der Waals surface area contributed by atoms with E-state index in [1.165, 1.54) is 43.5 Å². The summed E-state index contributed by atoms with van der Waals surface area (Å²) in [7, 11) is 0. The molecule has 0 unspecified atom stereocenters. The molecule has 0 aromatic carbocycles. The summed E-state index contributed by atoms with van der Waals surface area (Å²) in [4.78, 5) is 4.02. The zero-order valence-electron chi connectivity index (χ0n) is 11.0. The average Bonchev–Trinajstić information content (AvgIpc) is 2.85. The summed E-state index contributed by atoms with van der Waals surface area (Å²) in [5.74, 6) is 0. The molecule has 0 aliphatic heterocycles. The smallest absolute Gasteiger partial charge is 0.0327 e. The summed E-state index contributed by atoms with van der Waals surface area (Å²) in [5.41, 5.74) is 5.48. The Morgan fingerprint density at radius 2 is 1.94 bits per heavy atom. The van der Waals surface area contributed by atoms with Crippen LogP contribution in [0.3, 0.4) is 0 Å². The Hall–Kier alpha value is -0.380. The maximum atomic E-state index is 5.48. The van der Waals surface area contributed by atoms with Gasteiger partial charge in [-0.2, -0.15) is 0 Å². The Kier molecular flexibility index (Phi) is 8.32. The van der Waals surface area contributed by atoms with Crippen molar-refractivity contribution in [3.8, 4) is 0 Å². The summed E-state index contributed by atoms with van der Waals surface area (Å²) in [5, 5.41) is 2.16. The van der Waals surface area contributed by atoms with E-state index in [0.29, 0.717) is 0 Å². The van der Waals surface area contributed by atoms with Crippen molar-refractivity contribution < 1.29 is 0 Å². The number of hydrogen-bond acceptors (Lipinski definition) is 3. The number of unbranched alkanes of at least 4 members (excludes halogenated alkanes) is 4. The number of hydrogen-bond donors (Lipinski definition) is 1. The molecular weight excluding hydrogens is 228 g/mol. The zero-order chi connectivity index (χ0) is 12.3. The molecule has 0 radical (unpaired) electrons. The van der Waals surface area contributed by atoms with E-state index in [2.05, 4.69) is 29.3 Å². The molecule has 0 aliphatic rings. The summed E-state index contributed by atoms with van der Waals surface area (Å²) in [6.07, 6.45) is 6.50. The number of thiophene rings is 1. The highest BCUT2D eigenvalue weighted by Crippen LogP contribution is 2.12. The van der Waals surface area contributed by atoms with E-state index in [0.717, 1.165) is 19.6 Å². The molecule has 3 heteroatoms. The van der Waals surface area contributed by atoms with Crippen LogP contribution in [-0.4, -0.2) is 24.5 Å². The first-order valence-corrected chi connectivity index (χ1v) is 7.69. The normalized spacial score (nSPS) is 11.2. The Morgan fingerprint density at radius 1 is 1.18 bits per heavy atom. The van der Waals surface area contributed by atoms with Gasteiger partial charge in [-0.05, 0) is 43.9 Å². The van der Waals surface area contributed by atoms with Crippen molar-refractivity contribution in [3.63, 3.8) is 0 Å². The van der Waals surface area contributed by atoms with Crippen molar-refractivity contribution in [2.75, 3.05) is 19.6 Å². The Morgan fingerprint density at radius 3 is 2.59 bits per heavy atom. The van der Waals surface area contributed by atoms with Crippen LogP contribution in [0.1, 0.15) is 43.9 Å². The third-order valence-electron chi connectivity index (χ3n) is 3.09. The van der Waals surface area contributed by atoms with Gasteiger partial charge in [-0.1, -0.05) is 32.3 Å². The molecule has 98 valence electrons. The van der Waals surface area contributed by atoms with Crippen LogP contribution in [0.15, 0.2) is 17.5 Å². The lowest BCUT2D eigenvalue weighted by Gasteiger charge is -2.19. The standard InChI is InChI=1S/C14H26N2S/c1-2-16(13-14-9-8-12-17-14)11-7-5-3-4-6-10-15/h8-9,12H,2-7,10-11,13,15H2,1H3. The molecule has 2 nitrogen and oxygen atoms in total. The zero-order valence-corrected chi connectivity index (χ0v) is 11.8. The molecule has 1 aromatic rings. The monoisotopic (exact) mass is 254 g/mol. The lowest BCUT2D eigenvalue weighted by molar-refractivity contribution is 0.275. The Bertz CT molecular complexity index is 259. The van der Waals surface area contributed by atoms with Gasteiger partial charge in [-0.15, -0.1) is 11.3 Å². The van der Waals surface area contributed by atoms with E-state index in [1.54, 1.807) is 0 Å². The van der Waals surface area contributed by atoms with E-state index in [1.807, 2.05) is 11.3 Å². The highest BCUT2D eigenvalue weighted by molar-refractivity contribution is 7.09. The van der Waals surface area contributed by atoms with Crippen LogP contribution >= 0.6 is 11.3 Å². The van der Waals surface area contributed by atoms with Gasteiger partial charge in [-0.3, -0.25) is 4.90 Å². The molecule has 0 aliphatic carbocycles. The maximum Gasteiger partial charge on any atom is 0.0327 e. The van der Waals surface area contributed by atoms with E-state index >= 15 is 0 Å². The van der Waals surface area contributed by atoms with E-state index < -0.39 is 0 Å². The topological polar surface area (TPSA) is 29.3 Å². The van der Waals surface area contributed by atoms with Crippen molar-refractivity contribution in [1.29, 1.82) is 0 Å². The summed E-state index contributed by atoms with van der Waals surface area (Å²) in [6.45, 7) is 6.61. The third kappa shape index (κ3) is 6.81. The van der Waals surface area contributed by atoms with Crippen LogP contribution < -0.4 is 5.73 Å². The van der Waals surface area contributed by atoms with Gasteiger partial charge < -0.3 is 5.73 Å². The molecular formula is C14H26N2S. The third-order valence-corrected chi connectivity index (χ3v) is 3.95. The fourth-order valence-electron chi connectivity index (χ4n) is 1.98. The lowest BCUT2D eigenvalue weighted by atomic mass is 10.1. The number of rotatable bonds is 10. The summed E-state index contributed by atoms with van der Waals surface area (Å²) < 4.78 is 0. The second kappa shape index (κ2) is 9.63. The van der Waals surface area contributed by atoms with Crippen LogP contribution in [0.2, 0.25) is 0 Å². The fourth-order valence-corrected chi connectivity index (χ4v) is 2.73. The number of nitrogens with zero attached hydrogens (tertiary/aromatic N) is 1. The molecule has 2 N–H and O–H groups in total. The maximum absolute atomic E-state index is 5.48. The predicted octanol–water partition coefficient (Wildman–Crippen LogP) is 3.48. The van der Waals surface area contributed by atoms with E-state index in [-0.39, 0.29) is 0 Å². The van der Waals surface area contributed by atoms with Crippen LogP contribution in [0.4, 0.5) is 0 Å². The largest absolute Gasteiger partial charge is 0.330 e. The van der Waals surface area contributed by atoms with Crippen molar-refractivity contribution in [3.05, 3.63) is 22.4 Å². The number of nitrogens with two attached hydrogens (primary N) is 1. The quantitative estimate of drug-likeness (QED) is 0.648. The molecule has 0 fully saturated rings. The molecule has 0 atom stereocenters. The first-order chi connectivity index (χ1) is 8.36.